The molecule has 2 atom stereocenters. The van der Waals surface area contributed by atoms with Crippen molar-refractivity contribution in [2.24, 2.45) is 5.92 Å². The van der Waals surface area contributed by atoms with Crippen molar-refractivity contribution in [3.63, 3.8) is 0 Å². The van der Waals surface area contributed by atoms with Gasteiger partial charge in [0, 0.05) is 0 Å². The first-order valence-corrected chi connectivity index (χ1v) is 5.51. The van der Waals surface area contributed by atoms with Crippen molar-refractivity contribution in [1.82, 2.24) is 0 Å². The monoisotopic (exact) mass is 170 g/mol. The van der Waals surface area contributed by atoms with E-state index in [0.717, 1.165) is 18.8 Å². The summed E-state index contributed by atoms with van der Waals surface area (Å²) in [4.78, 5) is 0. The first-order valence-electron chi connectivity index (χ1n) is 5.51. The standard InChI is InChI=1S/C11H22O/c1-2-3-5-10-6-4-7-11(12)9-8-10/h10-12H,2-9H2,1H3. The maximum atomic E-state index is 9.43. The molecule has 0 radical (unpaired) electrons. The predicted molar refractivity (Wildman–Crippen MR) is 52.1 cm³/mol. The topological polar surface area (TPSA) is 20.2 Å². The molecule has 0 aromatic heterocycles. The maximum absolute atomic E-state index is 9.43. The SMILES string of the molecule is CCCCC1CCCC(O)CC1. The summed E-state index contributed by atoms with van der Waals surface area (Å²) in [6.45, 7) is 2.26. The van der Waals surface area contributed by atoms with Crippen LogP contribution in [-0.4, -0.2) is 11.2 Å². The Morgan fingerprint density at radius 1 is 1.17 bits per heavy atom. The molecule has 0 heterocycles. The van der Waals surface area contributed by atoms with E-state index in [2.05, 4.69) is 6.92 Å². The van der Waals surface area contributed by atoms with E-state index in [1.165, 1.54) is 38.5 Å². The molecule has 1 rings (SSSR count). The van der Waals surface area contributed by atoms with Crippen LogP contribution < -0.4 is 0 Å². The molecule has 1 aliphatic carbocycles. The molecule has 12 heavy (non-hydrogen) atoms. The normalized spacial score (nSPS) is 31.5. The zero-order valence-corrected chi connectivity index (χ0v) is 8.26. The second-order valence-corrected chi connectivity index (χ2v) is 4.17. The van der Waals surface area contributed by atoms with Crippen molar-refractivity contribution < 1.29 is 5.11 Å². The first kappa shape index (κ1) is 10.0. The van der Waals surface area contributed by atoms with Gasteiger partial charge in [0.05, 0.1) is 6.10 Å². The molecule has 1 saturated carbocycles. The Labute approximate surface area is 76.2 Å². The van der Waals surface area contributed by atoms with Gasteiger partial charge in [0.15, 0.2) is 0 Å². The Hall–Kier alpha value is -0.0400. The number of aliphatic hydroxyl groups is 1. The van der Waals surface area contributed by atoms with E-state index >= 15 is 0 Å². The highest BCUT2D eigenvalue weighted by atomic mass is 16.3. The Kier molecular flexibility index (Phi) is 4.67. The van der Waals surface area contributed by atoms with Gasteiger partial charge in [-0.3, -0.25) is 0 Å². The molecule has 0 aliphatic heterocycles. The zero-order chi connectivity index (χ0) is 8.81. The van der Waals surface area contributed by atoms with E-state index < -0.39 is 0 Å². The van der Waals surface area contributed by atoms with E-state index in [-0.39, 0.29) is 6.10 Å². The minimum Gasteiger partial charge on any atom is -0.393 e. The summed E-state index contributed by atoms with van der Waals surface area (Å²) in [5.74, 6) is 0.919. The van der Waals surface area contributed by atoms with E-state index in [1.54, 1.807) is 0 Å². The van der Waals surface area contributed by atoms with Gasteiger partial charge in [-0.05, 0) is 25.2 Å². The van der Waals surface area contributed by atoms with Gasteiger partial charge in [-0.15, -0.1) is 0 Å². The summed E-state index contributed by atoms with van der Waals surface area (Å²) in [6, 6.07) is 0. The fourth-order valence-corrected chi connectivity index (χ4v) is 2.14. The van der Waals surface area contributed by atoms with Gasteiger partial charge in [-0.25, -0.2) is 0 Å². The third-order valence-corrected chi connectivity index (χ3v) is 3.02. The second kappa shape index (κ2) is 5.58. The van der Waals surface area contributed by atoms with Gasteiger partial charge in [-0.1, -0.05) is 39.0 Å². The summed E-state index contributed by atoms with van der Waals surface area (Å²) in [6.07, 6.45) is 10.1. The fraction of sp³-hybridized carbons (Fsp3) is 1.00. The van der Waals surface area contributed by atoms with E-state index in [9.17, 15) is 5.11 Å². The second-order valence-electron chi connectivity index (χ2n) is 4.17. The molecule has 2 unspecified atom stereocenters. The average Bonchev–Trinajstić information content (AvgIpc) is 2.27. The Bertz CT molecular complexity index is 110. The Morgan fingerprint density at radius 2 is 2.00 bits per heavy atom. The molecule has 0 aromatic carbocycles. The molecular formula is C11H22O. The average molecular weight is 170 g/mol. The van der Waals surface area contributed by atoms with Gasteiger partial charge < -0.3 is 5.11 Å². The van der Waals surface area contributed by atoms with Gasteiger partial charge in [0.2, 0.25) is 0 Å². The van der Waals surface area contributed by atoms with Crippen molar-refractivity contribution in [3.8, 4) is 0 Å². The highest BCUT2D eigenvalue weighted by Crippen LogP contribution is 2.26. The Balaban J connectivity index is 2.17. The van der Waals surface area contributed by atoms with Crippen LogP contribution in [0.4, 0.5) is 0 Å². The molecule has 0 spiro atoms. The molecule has 0 saturated heterocycles. The summed E-state index contributed by atoms with van der Waals surface area (Å²) in [5, 5.41) is 9.43. The van der Waals surface area contributed by atoms with Crippen molar-refractivity contribution in [3.05, 3.63) is 0 Å². The van der Waals surface area contributed by atoms with E-state index in [1.807, 2.05) is 0 Å². The fourth-order valence-electron chi connectivity index (χ4n) is 2.14. The molecule has 1 aliphatic rings. The van der Waals surface area contributed by atoms with Gasteiger partial charge in [-0.2, -0.15) is 0 Å². The number of hydrogen-bond donors (Lipinski definition) is 1. The minimum absolute atomic E-state index is 0.0108. The quantitative estimate of drug-likeness (QED) is 0.645. The third-order valence-electron chi connectivity index (χ3n) is 3.02. The highest BCUT2D eigenvalue weighted by Gasteiger charge is 2.16. The lowest BCUT2D eigenvalue weighted by molar-refractivity contribution is 0.155. The zero-order valence-electron chi connectivity index (χ0n) is 8.26. The summed E-state index contributed by atoms with van der Waals surface area (Å²) < 4.78 is 0. The van der Waals surface area contributed by atoms with Crippen LogP contribution in [0.1, 0.15) is 58.3 Å². The molecule has 0 bridgehead atoms. The van der Waals surface area contributed by atoms with E-state index in [4.69, 9.17) is 0 Å². The predicted octanol–water partition coefficient (Wildman–Crippen LogP) is 3.12. The van der Waals surface area contributed by atoms with Crippen LogP contribution in [-0.2, 0) is 0 Å². The molecule has 1 N–H and O–H groups in total. The Morgan fingerprint density at radius 3 is 2.75 bits per heavy atom. The van der Waals surface area contributed by atoms with Crippen molar-refractivity contribution >= 4 is 0 Å². The van der Waals surface area contributed by atoms with Gasteiger partial charge >= 0.3 is 0 Å². The van der Waals surface area contributed by atoms with Crippen LogP contribution in [0.15, 0.2) is 0 Å². The summed E-state index contributed by atoms with van der Waals surface area (Å²) in [5.41, 5.74) is 0. The molecule has 0 amide bonds. The lowest BCUT2D eigenvalue weighted by Crippen LogP contribution is -2.04. The highest BCUT2D eigenvalue weighted by molar-refractivity contribution is 4.69. The van der Waals surface area contributed by atoms with Crippen molar-refractivity contribution in [1.29, 1.82) is 0 Å². The van der Waals surface area contributed by atoms with Gasteiger partial charge in [0.1, 0.15) is 0 Å². The summed E-state index contributed by atoms with van der Waals surface area (Å²) >= 11 is 0. The molecule has 72 valence electrons. The van der Waals surface area contributed by atoms with Crippen LogP contribution in [0.5, 0.6) is 0 Å². The number of hydrogen-bond acceptors (Lipinski definition) is 1. The lowest BCUT2D eigenvalue weighted by atomic mass is 9.94. The minimum atomic E-state index is 0.0108. The van der Waals surface area contributed by atoms with Gasteiger partial charge in [0.25, 0.3) is 0 Å². The molecule has 0 aromatic rings. The molecule has 1 fully saturated rings. The number of unbranched alkanes of at least 4 members (excludes halogenated alkanes) is 1. The number of rotatable bonds is 3. The van der Waals surface area contributed by atoms with Crippen molar-refractivity contribution in [2.75, 3.05) is 0 Å². The van der Waals surface area contributed by atoms with Crippen LogP contribution in [0.3, 0.4) is 0 Å². The maximum Gasteiger partial charge on any atom is 0.0540 e. The van der Waals surface area contributed by atoms with Crippen LogP contribution in [0.2, 0.25) is 0 Å². The lowest BCUT2D eigenvalue weighted by Gasteiger charge is -2.12. The summed E-state index contributed by atoms with van der Waals surface area (Å²) in [7, 11) is 0. The molecular weight excluding hydrogens is 148 g/mol. The van der Waals surface area contributed by atoms with Crippen molar-refractivity contribution in [2.45, 2.75) is 64.4 Å². The smallest absolute Gasteiger partial charge is 0.0540 e. The van der Waals surface area contributed by atoms with E-state index in [0.29, 0.717) is 0 Å². The largest absolute Gasteiger partial charge is 0.393 e. The third kappa shape index (κ3) is 3.57. The number of aliphatic hydroxyl groups excluding tert-OH is 1. The first-order chi connectivity index (χ1) is 5.83. The van der Waals surface area contributed by atoms with Crippen LogP contribution in [0.25, 0.3) is 0 Å². The van der Waals surface area contributed by atoms with Crippen LogP contribution in [0, 0.1) is 5.92 Å². The molecule has 1 nitrogen and oxygen atoms in total. The van der Waals surface area contributed by atoms with Crippen LogP contribution >= 0.6 is 0 Å². The molecule has 1 heteroatoms.